The lowest BCUT2D eigenvalue weighted by Crippen LogP contribution is -2.41. The molecule has 1 atom stereocenters. The van der Waals surface area contributed by atoms with E-state index in [2.05, 4.69) is 9.55 Å². The molecule has 1 unspecified atom stereocenters. The van der Waals surface area contributed by atoms with Crippen molar-refractivity contribution in [3.05, 3.63) is 47.0 Å². The molecule has 0 spiro atoms. The summed E-state index contributed by atoms with van der Waals surface area (Å²) in [6, 6.07) is 4.94. The molecular formula is C18H22ClN3O2. The van der Waals surface area contributed by atoms with Gasteiger partial charge in [0.15, 0.2) is 0 Å². The standard InChI is InChI=1S/C18H22ClN3O2/c1-13-20-6-8-21(13)11-15-3-2-7-22(12-15)18(24)10-14-4-5-17(23)16(19)9-14/h4-6,8-9,15,23H,2-3,7,10-12H2,1H3. The van der Waals surface area contributed by atoms with Gasteiger partial charge in [0.2, 0.25) is 5.91 Å². The summed E-state index contributed by atoms with van der Waals surface area (Å²) in [7, 11) is 0. The van der Waals surface area contributed by atoms with Crippen molar-refractivity contribution in [3.8, 4) is 5.75 Å². The number of carbonyl (C=O) groups is 1. The maximum atomic E-state index is 12.6. The zero-order valence-electron chi connectivity index (χ0n) is 13.8. The number of benzene rings is 1. The van der Waals surface area contributed by atoms with Crippen molar-refractivity contribution in [2.75, 3.05) is 13.1 Å². The Morgan fingerprint density at radius 2 is 2.29 bits per heavy atom. The summed E-state index contributed by atoms with van der Waals surface area (Å²) in [5, 5.41) is 9.76. The molecule has 1 fully saturated rings. The molecule has 2 heterocycles. The molecule has 128 valence electrons. The van der Waals surface area contributed by atoms with E-state index in [0.29, 0.717) is 12.3 Å². The molecular weight excluding hydrogens is 326 g/mol. The van der Waals surface area contributed by atoms with Gasteiger partial charge in [-0.05, 0) is 43.4 Å². The highest BCUT2D eigenvalue weighted by Gasteiger charge is 2.24. The van der Waals surface area contributed by atoms with Crippen molar-refractivity contribution in [2.45, 2.75) is 32.7 Å². The molecule has 1 aromatic heterocycles. The zero-order valence-corrected chi connectivity index (χ0v) is 14.5. The van der Waals surface area contributed by atoms with Gasteiger partial charge in [-0.25, -0.2) is 4.98 Å². The Hall–Kier alpha value is -2.01. The number of halogens is 1. The number of aromatic hydroxyl groups is 1. The van der Waals surface area contributed by atoms with E-state index in [1.165, 1.54) is 6.07 Å². The number of phenolic OH excluding ortho intramolecular Hbond substituents is 1. The van der Waals surface area contributed by atoms with Gasteiger partial charge in [-0.2, -0.15) is 0 Å². The minimum Gasteiger partial charge on any atom is -0.506 e. The number of rotatable bonds is 4. The van der Waals surface area contributed by atoms with Crippen LogP contribution in [0.2, 0.25) is 5.02 Å². The average molecular weight is 348 g/mol. The molecule has 0 bridgehead atoms. The third kappa shape index (κ3) is 3.90. The first-order valence-corrected chi connectivity index (χ1v) is 8.63. The number of nitrogens with zero attached hydrogens (tertiary/aromatic N) is 3. The number of piperidine rings is 1. The lowest BCUT2D eigenvalue weighted by atomic mass is 9.97. The van der Waals surface area contributed by atoms with Crippen molar-refractivity contribution in [3.63, 3.8) is 0 Å². The predicted molar refractivity (Wildman–Crippen MR) is 93.1 cm³/mol. The van der Waals surface area contributed by atoms with Crippen molar-refractivity contribution < 1.29 is 9.90 Å². The Kier molecular flexibility index (Phi) is 5.09. The van der Waals surface area contributed by atoms with Crippen LogP contribution in [0, 0.1) is 12.8 Å². The van der Waals surface area contributed by atoms with Crippen LogP contribution in [0.15, 0.2) is 30.6 Å². The topological polar surface area (TPSA) is 58.4 Å². The monoisotopic (exact) mass is 347 g/mol. The fourth-order valence-corrected chi connectivity index (χ4v) is 3.47. The maximum Gasteiger partial charge on any atom is 0.227 e. The van der Waals surface area contributed by atoms with Crippen molar-refractivity contribution in [1.82, 2.24) is 14.5 Å². The fraction of sp³-hybridized carbons (Fsp3) is 0.444. The van der Waals surface area contributed by atoms with Crippen LogP contribution in [0.5, 0.6) is 5.75 Å². The summed E-state index contributed by atoms with van der Waals surface area (Å²) in [6.07, 6.45) is 6.29. The third-order valence-electron chi connectivity index (χ3n) is 4.62. The van der Waals surface area contributed by atoms with Gasteiger partial charge in [0.1, 0.15) is 11.6 Å². The summed E-state index contributed by atoms with van der Waals surface area (Å²) in [4.78, 5) is 18.8. The lowest BCUT2D eigenvalue weighted by Gasteiger charge is -2.33. The van der Waals surface area contributed by atoms with Crippen LogP contribution in [0.3, 0.4) is 0 Å². The number of carbonyl (C=O) groups excluding carboxylic acids is 1. The van der Waals surface area contributed by atoms with E-state index in [1.54, 1.807) is 12.1 Å². The minimum absolute atomic E-state index is 0.0432. The molecule has 1 aromatic carbocycles. The Labute approximate surface area is 146 Å². The molecule has 5 nitrogen and oxygen atoms in total. The van der Waals surface area contributed by atoms with E-state index >= 15 is 0 Å². The Morgan fingerprint density at radius 3 is 3.00 bits per heavy atom. The molecule has 1 N–H and O–H groups in total. The van der Waals surface area contributed by atoms with Crippen LogP contribution >= 0.6 is 11.6 Å². The van der Waals surface area contributed by atoms with E-state index < -0.39 is 0 Å². The van der Waals surface area contributed by atoms with Crippen LogP contribution in [0.1, 0.15) is 24.2 Å². The smallest absolute Gasteiger partial charge is 0.227 e. The third-order valence-corrected chi connectivity index (χ3v) is 4.92. The number of aromatic nitrogens is 2. The van der Waals surface area contributed by atoms with Crippen LogP contribution in [0.4, 0.5) is 0 Å². The van der Waals surface area contributed by atoms with Gasteiger partial charge < -0.3 is 14.6 Å². The number of imidazole rings is 1. The number of amides is 1. The van der Waals surface area contributed by atoms with Gasteiger partial charge in [0.25, 0.3) is 0 Å². The highest BCUT2D eigenvalue weighted by molar-refractivity contribution is 6.32. The molecule has 0 saturated carbocycles. The van der Waals surface area contributed by atoms with Crippen molar-refractivity contribution >= 4 is 17.5 Å². The van der Waals surface area contributed by atoms with E-state index in [9.17, 15) is 9.90 Å². The quantitative estimate of drug-likeness (QED) is 0.924. The van der Waals surface area contributed by atoms with Gasteiger partial charge in [0.05, 0.1) is 11.4 Å². The fourth-order valence-electron chi connectivity index (χ4n) is 3.26. The van der Waals surface area contributed by atoms with Crippen LogP contribution < -0.4 is 0 Å². The van der Waals surface area contributed by atoms with Crippen LogP contribution in [-0.2, 0) is 17.8 Å². The van der Waals surface area contributed by atoms with E-state index in [1.807, 2.05) is 24.2 Å². The molecule has 3 rings (SSSR count). The number of hydrogen-bond donors (Lipinski definition) is 1. The summed E-state index contributed by atoms with van der Waals surface area (Å²) in [5.74, 6) is 1.63. The summed E-state index contributed by atoms with van der Waals surface area (Å²) in [5.41, 5.74) is 0.829. The molecule has 6 heteroatoms. The highest BCUT2D eigenvalue weighted by atomic mass is 35.5. The first-order chi connectivity index (χ1) is 11.5. The number of phenols is 1. The molecule has 1 amide bonds. The number of likely N-dealkylation sites (tertiary alicyclic amines) is 1. The molecule has 0 radical (unpaired) electrons. The zero-order chi connectivity index (χ0) is 17.1. The second kappa shape index (κ2) is 7.26. The first kappa shape index (κ1) is 16.8. The molecule has 1 aliphatic rings. The van der Waals surface area contributed by atoms with E-state index in [4.69, 9.17) is 11.6 Å². The predicted octanol–water partition coefficient (Wildman–Crippen LogP) is 3.03. The van der Waals surface area contributed by atoms with Gasteiger partial charge in [-0.15, -0.1) is 0 Å². The second-order valence-electron chi connectivity index (χ2n) is 6.44. The van der Waals surface area contributed by atoms with Crippen molar-refractivity contribution in [1.29, 1.82) is 0 Å². The number of hydrogen-bond acceptors (Lipinski definition) is 3. The molecule has 1 aliphatic heterocycles. The second-order valence-corrected chi connectivity index (χ2v) is 6.84. The SMILES string of the molecule is Cc1nccn1CC1CCCN(C(=O)Cc2ccc(O)c(Cl)c2)C1. The Bertz CT molecular complexity index is 729. The van der Waals surface area contributed by atoms with Crippen molar-refractivity contribution in [2.24, 2.45) is 5.92 Å². The number of aryl methyl sites for hydroxylation is 1. The molecule has 1 saturated heterocycles. The summed E-state index contributed by atoms with van der Waals surface area (Å²) >= 11 is 5.92. The van der Waals surface area contributed by atoms with Crippen LogP contribution in [-0.4, -0.2) is 38.6 Å². The summed E-state index contributed by atoms with van der Waals surface area (Å²) < 4.78 is 2.15. The minimum atomic E-state index is 0.0432. The van der Waals surface area contributed by atoms with Crippen LogP contribution in [0.25, 0.3) is 0 Å². The van der Waals surface area contributed by atoms with Gasteiger partial charge in [-0.3, -0.25) is 4.79 Å². The largest absolute Gasteiger partial charge is 0.506 e. The average Bonchev–Trinajstić information content (AvgIpc) is 2.96. The van der Waals surface area contributed by atoms with Gasteiger partial charge in [-0.1, -0.05) is 17.7 Å². The Morgan fingerprint density at radius 1 is 1.46 bits per heavy atom. The first-order valence-electron chi connectivity index (χ1n) is 8.26. The van der Waals surface area contributed by atoms with E-state index in [-0.39, 0.29) is 16.7 Å². The highest BCUT2D eigenvalue weighted by Crippen LogP contribution is 2.25. The molecule has 2 aromatic rings. The molecule has 24 heavy (non-hydrogen) atoms. The van der Waals surface area contributed by atoms with E-state index in [0.717, 1.165) is 43.9 Å². The Balaban J connectivity index is 1.60. The normalized spacial score (nSPS) is 17.9. The molecule has 0 aliphatic carbocycles. The summed E-state index contributed by atoms with van der Waals surface area (Å²) in [6.45, 7) is 4.49. The van der Waals surface area contributed by atoms with Gasteiger partial charge in [0, 0.05) is 32.0 Å². The maximum absolute atomic E-state index is 12.6. The lowest BCUT2D eigenvalue weighted by molar-refractivity contribution is -0.132. The van der Waals surface area contributed by atoms with Gasteiger partial charge >= 0.3 is 0 Å².